The molecular formula is C19H19NO7S. The summed E-state index contributed by atoms with van der Waals surface area (Å²) in [6.07, 6.45) is 2.67. The van der Waals surface area contributed by atoms with Gasteiger partial charge in [0.2, 0.25) is 16.8 Å². The zero-order chi connectivity index (χ0) is 20.3. The molecule has 1 aliphatic heterocycles. The monoisotopic (exact) mass is 405 g/mol. The predicted molar refractivity (Wildman–Crippen MR) is 101 cm³/mol. The van der Waals surface area contributed by atoms with Crippen LogP contribution in [-0.2, 0) is 14.8 Å². The molecule has 0 aliphatic carbocycles. The lowest BCUT2D eigenvalue weighted by molar-refractivity contribution is -0.128. The van der Waals surface area contributed by atoms with Crippen molar-refractivity contribution < 1.29 is 32.2 Å². The Hall–Kier alpha value is -3.04. The Labute approximate surface area is 162 Å². The van der Waals surface area contributed by atoms with E-state index >= 15 is 0 Å². The molecule has 148 valence electrons. The molecule has 0 N–H and O–H groups in total. The highest BCUT2D eigenvalue weighted by Gasteiger charge is 2.22. The van der Waals surface area contributed by atoms with Gasteiger partial charge in [0.1, 0.15) is 16.4 Å². The number of rotatable bonds is 6. The van der Waals surface area contributed by atoms with Gasteiger partial charge in [-0.1, -0.05) is 6.07 Å². The molecule has 0 spiro atoms. The third kappa shape index (κ3) is 4.10. The van der Waals surface area contributed by atoms with Crippen LogP contribution < -0.4 is 18.9 Å². The van der Waals surface area contributed by atoms with Gasteiger partial charge in [0.05, 0.1) is 7.11 Å². The summed E-state index contributed by atoms with van der Waals surface area (Å²) in [5.74, 6) is 0.996. The maximum atomic E-state index is 12.4. The van der Waals surface area contributed by atoms with Crippen LogP contribution in [0.4, 0.5) is 0 Å². The molecule has 0 atom stereocenters. The Kier molecular flexibility index (Phi) is 5.57. The van der Waals surface area contributed by atoms with Gasteiger partial charge in [0, 0.05) is 26.2 Å². The second-order valence-corrected chi connectivity index (χ2v) is 8.09. The summed E-state index contributed by atoms with van der Waals surface area (Å²) in [6, 6.07) is 9.39. The van der Waals surface area contributed by atoms with Gasteiger partial charge < -0.3 is 18.9 Å². The van der Waals surface area contributed by atoms with Gasteiger partial charge in [-0.3, -0.25) is 0 Å². The summed E-state index contributed by atoms with van der Waals surface area (Å²) < 4.78 is 46.8. The molecule has 1 heterocycles. The predicted octanol–water partition coefficient (Wildman–Crippen LogP) is 2.29. The van der Waals surface area contributed by atoms with Gasteiger partial charge in [-0.25, -0.2) is 17.5 Å². The average molecular weight is 405 g/mol. The summed E-state index contributed by atoms with van der Waals surface area (Å²) in [6.45, 7) is 0.127. The minimum atomic E-state index is -3.70. The average Bonchev–Trinajstić information content (AvgIpc) is 3.13. The van der Waals surface area contributed by atoms with Crippen molar-refractivity contribution in [3.63, 3.8) is 0 Å². The normalized spacial score (nSPS) is 13.1. The molecule has 0 amide bonds. The van der Waals surface area contributed by atoms with Gasteiger partial charge in [0.15, 0.2) is 11.5 Å². The van der Waals surface area contributed by atoms with Crippen molar-refractivity contribution in [2.24, 2.45) is 0 Å². The van der Waals surface area contributed by atoms with Crippen molar-refractivity contribution in [1.82, 2.24) is 4.31 Å². The molecule has 0 saturated carbocycles. The molecule has 0 unspecified atom stereocenters. The number of nitrogens with zero attached hydrogens (tertiary/aromatic N) is 1. The molecule has 3 rings (SSSR count). The van der Waals surface area contributed by atoms with E-state index < -0.39 is 16.0 Å². The van der Waals surface area contributed by atoms with Crippen LogP contribution in [0.2, 0.25) is 0 Å². The van der Waals surface area contributed by atoms with Crippen molar-refractivity contribution in [1.29, 1.82) is 0 Å². The molecule has 2 aromatic rings. The lowest BCUT2D eigenvalue weighted by Gasteiger charge is -2.14. The molecule has 9 heteroatoms. The molecule has 0 radical (unpaired) electrons. The zero-order valence-corrected chi connectivity index (χ0v) is 16.4. The Bertz CT molecular complexity index is 1030. The van der Waals surface area contributed by atoms with Crippen molar-refractivity contribution >= 4 is 22.1 Å². The first-order valence-electron chi connectivity index (χ1n) is 8.21. The van der Waals surface area contributed by atoms with Crippen molar-refractivity contribution in [2.45, 2.75) is 4.90 Å². The summed E-state index contributed by atoms with van der Waals surface area (Å²) in [5.41, 5.74) is 0.504. The molecule has 0 bridgehead atoms. The first-order valence-corrected chi connectivity index (χ1v) is 9.65. The number of carbonyl (C=O) groups excluding carboxylic acids is 1. The van der Waals surface area contributed by atoms with E-state index in [0.717, 1.165) is 4.31 Å². The molecule has 0 aromatic heterocycles. The first kappa shape index (κ1) is 19.7. The quantitative estimate of drug-likeness (QED) is 0.414. The third-order valence-electron chi connectivity index (χ3n) is 3.92. The summed E-state index contributed by atoms with van der Waals surface area (Å²) in [5, 5.41) is 0. The number of hydrogen-bond acceptors (Lipinski definition) is 7. The summed E-state index contributed by atoms with van der Waals surface area (Å²) in [7, 11) is 0.550. The maximum absolute atomic E-state index is 12.4. The number of methoxy groups -OCH3 is 1. The fraction of sp³-hybridized carbons (Fsp3) is 0.211. The highest BCUT2D eigenvalue weighted by molar-refractivity contribution is 7.89. The van der Waals surface area contributed by atoms with Gasteiger partial charge in [0.25, 0.3) is 0 Å². The zero-order valence-electron chi connectivity index (χ0n) is 15.5. The lowest BCUT2D eigenvalue weighted by Crippen LogP contribution is -2.22. The molecule has 2 aromatic carbocycles. The van der Waals surface area contributed by atoms with E-state index in [4.69, 9.17) is 18.9 Å². The second kappa shape index (κ2) is 7.91. The number of ether oxygens (including phenoxy) is 4. The van der Waals surface area contributed by atoms with Crippen molar-refractivity contribution in [3.8, 4) is 23.0 Å². The van der Waals surface area contributed by atoms with Crippen molar-refractivity contribution in [3.05, 3.63) is 48.0 Å². The fourth-order valence-corrected chi connectivity index (χ4v) is 3.53. The summed E-state index contributed by atoms with van der Waals surface area (Å²) >= 11 is 0. The van der Waals surface area contributed by atoms with E-state index in [9.17, 15) is 13.2 Å². The number of benzene rings is 2. The standard InChI is InChI=1S/C19H19NO7S/c1-20(2)28(22,23)18-10-13(4-7-16(18)24-3)5-9-19(21)27-14-6-8-15-17(11-14)26-12-25-15/h4-11H,12H2,1-3H3/b9-5+. The van der Waals surface area contributed by atoms with Crippen LogP contribution in [0.3, 0.4) is 0 Å². The lowest BCUT2D eigenvalue weighted by atomic mass is 10.2. The number of fused-ring (bicyclic) bond motifs is 1. The Morgan fingerprint density at radius 3 is 2.57 bits per heavy atom. The van der Waals surface area contributed by atoms with Crippen LogP contribution in [0, 0.1) is 0 Å². The SMILES string of the molecule is COc1ccc(/C=C/C(=O)Oc2ccc3c(c2)OCO3)cc1S(=O)(=O)N(C)C. The highest BCUT2D eigenvalue weighted by atomic mass is 32.2. The van der Waals surface area contributed by atoms with Gasteiger partial charge >= 0.3 is 5.97 Å². The molecular weight excluding hydrogens is 386 g/mol. The number of esters is 1. The topological polar surface area (TPSA) is 91.4 Å². The second-order valence-electron chi connectivity index (χ2n) is 5.97. The summed E-state index contributed by atoms with van der Waals surface area (Å²) in [4.78, 5) is 12.1. The van der Waals surface area contributed by atoms with E-state index in [1.54, 1.807) is 24.3 Å². The van der Waals surface area contributed by atoms with Crippen LogP contribution in [0.15, 0.2) is 47.4 Å². The van der Waals surface area contributed by atoms with E-state index in [1.165, 1.54) is 45.5 Å². The fourth-order valence-electron chi connectivity index (χ4n) is 2.45. The molecule has 8 nitrogen and oxygen atoms in total. The molecule has 0 fully saturated rings. The van der Waals surface area contributed by atoms with Crippen LogP contribution in [0.1, 0.15) is 5.56 Å². The first-order chi connectivity index (χ1) is 13.3. The van der Waals surface area contributed by atoms with E-state index in [0.29, 0.717) is 22.8 Å². The number of sulfonamides is 1. The van der Waals surface area contributed by atoms with Crippen LogP contribution in [-0.4, -0.2) is 46.7 Å². The van der Waals surface area contributed by atoms with Crippen LogP contribution in [0.25, 0.3) is 6.08 Å². The van der Waals surface area contributed by atoms with Crippen LogP contribution in [0.5, 0.6) is 23.0 Å². The van der Waals surface area contributed by atoms with Crippen LogP contribution >= 0.6 is 0 Å². The molecule has 28 heavy (non-hydrogen) atoms. The maximum Gasteiger partial charge on any atom is 0.336 e. The third-order valence-corrected chi connectivity index (χ3v) is 5.76. The van der Waals surface area contributed by atoms with E-state index in [2.05, 4.69) is 0 Å². The largest absolute Gasteiger partial charge is 0.495 e. The smallest absolute Gasteiger partial charge is 0.336 e. The molecule has 0 saturated heterocycles. The minimum Gasteiger partial charge on any atom is -0.495 e. The van der Waals surface area contributed by atoms with Gasteiger partial charge in [-0.2, -0.15) is 0 Å². The van der Waals surface area contributed by atoms with Crippen molar-refractivity contribution in [2.75, 3.05) is 28.0 Å². The molecule has 1 aliphatic rings. The van der Waals surface area contributed by atoms with Gasteiger partial charge in [-0.05, 0) is 35.9 Å². The Morgan fingerprint density at radius 2 is 1.86 bits per heavy atom. The Balaban J connectivity index is 1.77. The number of carbonyl (C=O) groups is 1. The van der Waals surface area contributed by atoms with Gasteiger partial charge in [-0.15, -0.1) is 0 Å². The minimum absolute atomic E-state index is 0.00582. The van der Waals surface area contributed by atoms with E-state index in [-0.39, 0.29) is 17.4 Å². The van der Waals surface area contributed by atoms with E-state index in [1.807, 2.05) is 0 Å². The Morgan fingerprint density at radius 1 is 1.11 bits per heavy atom. The number of hydrogen-bond donors (Lipinski definition) is 0. The highest BCUT2D eigenvalue weighted by Crippen LogP contribution is 2.35.